The van der Waals surface area contributed by atoms with Gasteiger partial charge in [0.25, 0.3) is 0 Å². The zero-order valence-electron chi connectivity index (χ0n) is 9.62. The van der Waals surface area contributed by atoms with Crippen molar-refractivity contribution in [3.05, 3.63) is 29.8 Å². The number of fused-ring (bicyclic) bond motifs is 1. The zero-order valence-corrected chi connectivity index (χ0v) is 9.62. The van der Waals surface area contributed by atoms with Gasteiger partial charge in [0.05, 0.1) is 0 Å². The fourth-order valence-electron chi connectivity index (χ4n) is 2.21. The highest BCUT2D eigenvalue weighted by Gasteiger charge is 2.21. The molecule has 1 unspecified atom stereocenters. The molecule has 2 N–H and O–H groups in total. The van der Waals surface area contributed by atoms with Gasteiger partial charge in [-0.3, -0.25) is 4.79 Å². The molecule has 1 aliphatic rings. The van der Waals surface area contributed by atoms with E-state index in [1.54, 1.807) is 0 Å². The highest BCUT2D eigenvalue weighted by molar-refractivity contribution is 5.76. The van der Waals surface area contributed by atoms with Crippen molar-refractivity contribution in [1.29, 1.82) is 0 Å². The van der Waals surface area contributed by atoms with Gasteiger partial charge < -0.3 is 10.6 Å². The number of hydrogen-bond acceptors (Lipinski definition) is 2. The molecule has 1 aromatic carbocycles. The third-order valence-corrected chi connectivity index (χ3v) is 3.03. The Hall–Kier alpha value is -1.51. The lowest BCUT2D eigenvalue weighted by Gasteiger charge is -2.09. The van der Waals surface area contributed by atoms with Crippen molar-refractivity contribution in [2.45, 2.75) is 25.7 Å². The molecule has 1 aliphatic heterocycles. The average Bonchev–Trinajstić information content (AvgIpc) is 2.70. The number of rotatable bonds is 4. The van der Waals surface area contributed by atoms with Crippen LogP contribution < -0.4 is 10.6 Å². The van der Waals surface area contributed by atoms with Gasteiger partial charge in [-0.1, -0.05) is 18.2 Å². The third-order valence-electron chi connectivity index (χ3n) is 3.03. The molecule has 2 rings (SSSR count). The summed E-state index contributed by atoms with van der Waals surface area (Å²) in [5.74, 6) is 0.644. The predicted molar refractivity (Wildman–Crippen MR) is 65.6 cm³/mol. The van der Waals surface area contributed by atoms with Crippen LogP contribution >= 0.6 is 0 Å². The minimum absolute atomic E-state index is 0.159. The summed E-state index contributed by atoms with van der Waals surface area (Å²) >= 11 is 0. The lowest BCUT2D eigenvalue weighted by Crippen LogP contribution is -2.23. The molecule has 1 atom stereocenters. The van der Waals surface area contributed by atoms with Gasteiger partial charge in [0.15, 0.2) is 0 Å². The molecule has 0 aromatic heterocycles. The summed E-state index contributed by atoms with van der Waals surface area (Å²) in [4.78, 5) is 11.4. The summed E-state index contributed by atoms with van der Waals surface area (Å²) in [6.07, 6.45) is 1.55. The maximum absolute atomic E-state index is 11.4. The van der Waals surface area contributed by atoms with E-state index in [2.05, 4.69) is 28.8 Å². The molecule has 0 fully saturated rings. The number of carbonyl (C=O) groups is 1. The molecule has 0 spiro atoms. The van der Waals surface area contributed by atoms with Crippen LogP contribution in [0.25, 0.3) is 0 Å². The molecule has 86 valence electrons. The smallest absolute Gasteiger partial charge is 0.220 e. The van der Waals surface area contributed by atoms with E-state index >= 15 is 0 Å². The number of nitrogens with one attached hydrogen (secondary N) is 2. The summed E-state index contributed by atoms with van der Waals surface area (Å²) in [6.45, 7) is 3.63. The van der Waals surface area contributed by atoms with Crippen molar-refractivity contribution in [3.8, 4) is 0 Å². The summed E-state index contributed by atoms with van der Waals surface area (Å²) in [5.41, 5.74) is 2.58. The Kier molecular flexibility index (Phi) is 3.44. The number of benzene rings is 1. The topological polar surface area (TPSA) is 41.1 Å². The lowest BCUT2D eigenvalue weighted by atomic mass is 9.96. The summed E-state index contributed by atoms with van der Waals surface area (Å²) < 4.78 is 0. The number of hydrogen-bond donors (Lipinski definition) is 2. The molecule has 0 radical (unpaired) electrons. The molecular formula is C13H18N2O. The SMILES string of the molecule is CCNC(=O)CCC1CNc2ccccc21. The second-order valence-corrected chi connectivity index (χ2v) is 4.16. The molecule has 16 heavy (non-hydrogen) atoms. The fraction of sp³-hybridized carbons (Fsp3) is 0.462. The molecule has 1 amide bonds. The van der Waals surface area contributed by atoms with E-state index in [1.165, 1.54) is 11.3 Å². The van der Waals surface area contributed by atoms with E-state index in [0.717, 1.165) is 19.5 Å². The number of para-hydroxylation sites is 1. The van der Waals surface area contributed by atoms with Crippen LogP contribution in [0.1, 0.15) is 31.2 Å². The van der Waals surface area contributed by atoms with Gasteiger partial charge in [-0.05, 0) is 25.0 Å². The Morgan fingerprint density at radius 1 is 1.50 bits per heavy atom. The van der Waals surface area contributed by atoms with Crippen LogP contribution in [-0.4, -0.2) is 19.0 Å². The van der Waals surface area contributed by atoms with E-state index < -0.39 is 0 Å². The highest BCUT2D eigenvalue weighted by Crippen LogP contribution is 2.33. The Bertz CT molecular complexity index is 376. The van der Waals surface area contributed by atoms with Gasteiger partial charge in [0.2, 0.25) is 5.91 Å². The monoisotopic (exact) mass is 218 g/mol. The molecule has 1 aromatic rings. The first kappa shape index (κ1) is 11.0. The molecule has 3 nitrogen and oxygen atoms in total. The Labute approximate surface area is 96.2 Å². The second-order valence-electron chi connectivity index (χ2n) is 4.16. The van der Waals surface area contributed by atoms with Crippen molar-refractivity contribution >= 4 is 11.6 Å². The van der Waals surface area contributed by atoms with Gasteiger partial charge in [-0.15, -0.1) is 0 Å². The first-order valence-electron chi connectivity index (χ1n) is 5.90. The van der Waals surface area contributed by atoms with Crippen LogP contribution in [0.5, 0.6) is 0 Å². The maximum atomic E-state index is 11.4. The van der Waals surface area contributed by atoms with Crippen LogP contribution in [0.2, 0.25) is 0 Å². The van der Waals surface area contributed by atoms with E-state index in [-0.39, 0.29) is 5.91 Å². The predicted octanol–water partition coefficient (Wildman–Crippen LogP) is 2.11. The second kappa shape index (κ2) is 5.01. The van der Waals surface area contributed by atoms with E-state index in [0.29, 0.717) is 12.3 Å². The first-order valence-corrected chi connectivity index (χ1v) is 5.90. The quantitative estimate of drug-likeness (QED) is 0.812. The van der Waals surface area contributed by atoms with Crippen molar-refractivity contribution < 1.29 is 4.79 Å². The van der Waals surface area contributed by atoms with Crippen LogP contribution in [0, 0.1) is 0 Å². The molecule has 0 aliphatic carbocycles. The maximum Gasteiger partial charge on any atom is 0.220 e. The van der Waals surface area contributed by atoms with Crippen molar-refractivity contribution in [2.75, 3.05) is 18.4 Å². The van der Waals surface area contributed by atoms with Gasteiger partial charge in [-0.25, -0.2) is 0 Å². The van der Waals surface area contributed by atoms with Gasteiger partial charge in [0, 0.05) is 31.1 Å². The van der Waals surface area contributed by atoms with E-state index in [9.17, 15) is 4.79 Å². The fourth-order valence-corrected chi connectivity index (χ4v) is 2.21. The highest BCUT2D eigenvalue weighted by atomic mass is 16.1. The molecule has 3 heteroatoms. The largest absolute Gasteiger partial charge is 0.384 e. The summed E-state index contributed by atoms with van der Waals surface area (Å²) in [6, 6.07) is 8.35. The van der Waals surface area contributed by atoms with E-state index in [1.807, 2.05) is 13.0 Å². The molecule has 1 heterocycles. The van der Waals surface area contributed by atoms with Crippen molar-refractivity contribution in [1.82, 2.24) is 5.32 Å². The Morgan fingerprint density at radius 2 is 2.31 bits per heavy atom. The Balaban J connectivity index is 1.91. The normalized spacial score (nSPS) is 17.7. The average molecular weight is 218 g/mol. The van der Waals surface area contributed by atoms with Gasteiger partial charge in [-0.2, -0.15) is 0 Å². The van der Waals surface area contributed by atoms with Crippen molar-refractivity contribution in [3.63, 3.8) is 0 Å². The standard InChI is InChI=1S/C13H18N2O/c1-2-14-13(16)8-7-10-9-15-12-6-4-3-5-11(10)12/h3-6,10,15H,2,7-9H2,1H3,(H,14,16). The van der Waals surface area contributed by atoms with Gasteiger partial charge >= 0.3 is 0 Å². The molecular weight excluding hydrogens is 200 g/mol. The minimum Gasteiger partial charge on any atom is -0.384 e. The summed E-state index contributed by atoms with van der Waals surface area (Å²) in [7, 11) is 0. The lowest BCUT2D eigenvalue weighted by molar-refractivity contribution is -0.121. The third kappa shape index (κ3) is 2.35. The van der Waals surface area contributed by atoms with Crippen LogP contribution in [-0.2, 0) is 4.79 Å². The molecule has 0 saturated heterocycles. The molecule has 0 bridgehead atoms. The zero-order chi connectivity index (χ0) is 11.4. The van der Waals surface area contributed by atoms with Crippen LogP contribution in [0.15, 0.2) is 24.3 Å². The minimum atomic E-state index is 0.159. The van der Waals surface area contributed by atoms with Crippen LogP contribution in [0.3, 0.4) is 0 Å². The molecule has 0 saturated carbocycles. The van der Waals surface area contributed by atoms with Crippen molar-refractivity contribution in [2.24, 2.45) is 0 Å². The van der Waals surface area contributed by atoms with Gasteiger partial charge in [0.1, 0.15) is 0 Å². The number of amides is 1. The number of anilines is 1. The number of carbonyl (C=O) groups excluding carboxylic acids is 1. The first-order chi connectivity index (χ1) is 7.81. The Morgan fingerprint density at radius 3 is 3.12 bits per heavy atom. The van der Waals surface area contributed by atoms with Crippen LogP contribution in [0.4, 0.5) is 5.69 Å². The summed E-state index contributed by atoms with van der Waals surface area (Å²) in [5, 5.41) is 6.21. The van der Waals surface area contributed by atoms with E-state index in [4.69, 9.17) is 0 Å².